The van der Waals surface area contributed by atoms with Crippen LogP contribution in [-0.4, -0.2) is 36.1 Å². The first kappa shape index (κ1) is 17.4. The highest BCUT2D eigenvalue weighted by Gasteiger charge is 2.28. The lowest BCUT2D eigenvalue weighted by Gasteiger charge is -2.37. The van der Waals surface area contributed by atoms with Gasteiger partial charge in [0.25, 0.3) is 10.9 Å². The van der Waals surface area contributed by atoms with Crippen molar-refractivity contribution >= 4 is 11.4 Å². The van der Waals surface area contributed by atoms with Gasteiger partial charge in [-0.3, -0.25) is 19.5 Å². The molecule has 1 aromatic heterocycles. The highest BCUT2D eigenvalue weighted by Crippen LogP contribution is 2.22. The molecule has 0 saturated carbocycles. The second-order valence-corrected chi connectivity index (χ2v) is 6.85. The molecule has 0 bridgehead atoms. The maximum Gasteiger partial charge on any atom is 0.253 e. The van der Waals surface area contributed by atoms with E-state index in [9.17, 15) is 9.59 Å². The number of rotatable bonds is 6. The average Bonchev–Trinajstić information content (AvgIpc) is 2.73. The van der Waals surface area contributed by atoms with Gasteiger partial charge < -0.3 is 10.2 Å². The van der Waals surface area contributed by atoms with E-state index in [1.54, 1.807) is 12.4 Å². The van der Waals surface area contributed by atoms with Crippen molar-refractivity contribution in [2.45, 2.75) is 13.1 Å². The van der Waals surface area contributed by atoms with Crippen LogP contribution in [0.1, 0.15) is 11.1 Å². The van der Waals surface area contributed by atoms with Crippen molar-refractivity contribution in [2.75, 3.05) is 36.4 Å². The van der Waals surface area contributed by atoms with Crippen molar-refractivity contribution in [1.82, 2.24) is 9.88 Å². The van der Waals surface area contributed by atoms with Gasteiger partial charge in [-0.25, -0.2) is 0 Å². The zero-order chi connectivity index (χ0) is 18.6. The summed E-state index contributed by atoms with van der Waals surface area (Å²) in [4.78, 5) is 32.6. The third-order valence-corrected chi connectivity index (χ3v) is 5.01. The first-order valence-electron chi connectivity index (χ1n) is 9.19. The molecule has 0 unspecified atom stereocenters. The summed E-state index contributed by atoms with van der Waals surface area (Å²) >= 11 is 0. The lowest BCUT2D eigenvalue weighted by Crippen LogP contribution is -2.51. The fraction of sp³-hybridized carbons (Fsp3) is 0.286. The van der Waals surface area contributed by atoms with Crippen LogP contribution < -0.4 is 21.1 Å². The standard InChI is InChI=1S/C21H22N4O2/c26-20-18(23-14-17-7-4-8-22-13-17)19(21(20)27)25-11-9-24(10-12-25)15-16-5-2-1-3-6-16/h1-8,13,23H,9-12,14-15H2. The molecule has 6 nitrogen and oxygen atoms in total. The highest BCUT2D eigenvalue weighted by atomic mass is 16.2. The second kappa shape index (κ2) is 7.72. The molecular weight excluding hydrogens is 340 g/mol. The van der Waals surface area contributed by atoms with Gasteiger partial charge in [-0.05, 0) is 17.2 Å². The Balaban J connectivity index is 1.38. The van der Waals surface area contributed by atoms with E-state index in [0.717, 1.165) is 38.3 Å². The first-order valence-corrected chi connectivity index (χ1v) is 9.19. The van der Waals surface area contributed by atoms with Crippen LogP contribution in [0.3, 0.4) is 0 Å². The predicted molar refractivity (Wildman–Crippen MR) is 107 cm³/mol. The maximum absolute atomic E-state index is 12.1. The Kier molecular flexibility index (Phi) is 4.98. The largest absolute Gasteiger partial charge is 0.376 e. The van der Waals surface area contributed by atoms with Crippen LogP contribution in [0.15, 0.2) is 64.4 Å². The summed E-state index contributed by atoms with van der Waals surface area (Å²) in [5.41, 5.74) is 2.47. The van der Waals surface area contributed by atoms with Crippen molar-refractivity contribution < 1.29 is 0 Å². The van der Waals surface area contributed by atoms with E-state index in [1.165, 1.54) is 5.56 Å². The van der Waals surface area contributed by atoms with Gasteiger partial charge in [-0.15, -0.1) is 0 Å². The van der Waals surface area contributed by atoms with E-state index in [4.69, 9.17) is 0 Å². The van der Waals surface area contributed by atoms with E-state index in [2.05, 4.69) is 39.5 Å². The molecule has 2 aromatic carbocycles. The smallest absolute Gasteiger partial charge is 0.253 e. The molecule has 6 heteroatoms. The van der Waals surface area contributed by atoms with Gasteiger partial charge in [0, 0.05) is 51.7 Å². The molecule has 138 valence electrons. The van der Waals surface area contributed by atoms with Gasteiger partial charge in [0.15, 0.2) is 0 Å². The third-order valence-electron chi connectivity index (χ3n) is 5.01. The quantitative estimate of drug-likeness (QED) is 0.672. The van der Waals surface area contributed by atoms with Crippen LogP contribution >= 0.6 is 0 Å². The normalized spacial score (nSPS) is 15.2. The number of nitrogens with one attached hydrogen (secondary N) is 1. The minimum absolute atomic E-state index is 0.375. The Morgan fingerprint density at radius 3 is 2.33 bits per heavy atom. The number of pyridine rings is 1. The van der Waals surface area contributed by atoms with Gasteiger partial charge in [0.05, 0.1) is 0 Å². The summed E-state index contributed by atoms with van der Waals surface area (Å²) in [7, 11) is 0. The zero-order valence-corrected chi connectivity index (χ0v) is 15.1. The lowest BCUT2D eigenvalue weighted by atomic mass is 10.1. The van der Waals surface area contributed by atoms with Crippen LogP contribution in [0.4, 0.5) is 11.4 Å². The number of hydrogen-bond acceptors (Lipinski definition) is 6. The second-order valence-electron chi connectivity index (χ2n) is 6.85. The Morgan fingerprint density at radius 1 is 0.889 bits per heavy atom. The van der Waals surface area contributed by atoms with Crippen LogP contribution in [0.5, 0.6) is 0 Å². The van der Waals surface area contributed by atoms with E-state index < -0.39 is 5.43 Å². The summed E-state index contributed by atoms with van der Waals surface area (Å²) < 4.78 is 0. The first-order chi connectivity index (χ1) is 13.2. The van der Waals surface area contributed by atoms with Crippen molar-refractivity contribution in [3.05, 3.63) is 86.4 Å². The van der Waals surface area contributed by atoms with Gasteiger partial charge in [-0.2, -0.15) is 0 Å². The number of hydrogen-bond donors (Lipinski definition) is 1. The summed E-state index contributed by atoms with van der Waals surface area (Å²) in [5.74, 6) is 0. The molecule has 2 heterocycles. The van der Waals surface area contributed by atoms with Crippen molar-refractivity contribution in [3.63, 3.8) is 0 Å². The summed E-state index contributed by atoms with van der Waals surface area (Å²) in [5, 5.41) is 3.13. The van der Waals surface area contributed by atoms with Gasteiger partial charge in [0.2, 0.25) is 0 Å². The summed E-state index contributed by atoms with van der Waals surface area (Å²) in [6, 6.07) is 14.2. The topological polar surface area (TPSA) is 65.5 Å². The predicted octanol–water partition coefficient (Wildman–Crippen LogP) is 1.61. The highest BCUT2D eigenvalue weighted by molar-refractivity contribution is 5.75. The summed E-state index contributed by atoms with van der Waals surface area (Å²) in [6.07, 6.45) is 3.46. The molecule has 1 N–H and O–H groups in total. The minimum Gasteiger partial charge on any atom is -0.376 e. The van der Waals surface area contributed by atoms with E-state index in [1.807, 2.05) is 23.1 Å². The summed E-state index contributed by atoms with van der Waals surface area (Å²) in [6.45, 7) is 4.64. The molecule has 1 fully saturated rings. The van der Waals surface area contributed by atoms with Crippen LogP contribution in [0, 0.1) is 0 Å². The fourth-order valence-electron chi connectivity index (χ4n) is 3.51. The molecule has 27 heavy (non-hydrogen) atoms. The van der Waals surface area contributed by atoms with Crippen LogP contribution in [0.25, 0.3) is 0 Å². The van der Waals surface area contributed by atoms with Crippen LogP contribution in [-0.2, 0) is 13.1 Å². The van der Waals surface area contributed by atoms with E-state index in [-0.39, 0.29) is 5.43 Å². The molecule has 0 aliphatic carbocycles. The lowest BCUT2D eigenvalue weighted by molar-refractivity contribution is 0.249. The van der Waals surface area contributed by atoms with Gasteiger partial charge >= 0.3 is 0 Å². The Hall–Kier alpha value is -2.99. The molecule has 0 amide bonds. The minimum atomic E-state index is -0.416. The average molecular weight is 362 g/mol. The molecule has 1 aliphatic rings. The van der Waals surface area contributed by atoms with E-state index >= 15 is 0 Å². The number of aromatic nitrogens is 1. The van der Waals surface area contributed by atoms with Crippen molar-refractivity contribution in [3.8, 4) is 0 Å². The van der Waals surface area contributed by atoms with Crippen LogP contribution in [0.2, 0.25) is 0 Å². The third kappa shape index (κ3) is 3.75. The fourth-order valence-corrected chi connectivity index (χ4v) is 3.51. The van der Waals surface area contributed by atoms with Gasteiger partial charge in [-0.1, -0.05) is 36.4 Å². The molecule has 3 aromatic rings. The molecule has 0 spiro atoms. The molecule has 4 rings (SSSR count). The molecule has 1 aliphatic heterocycles. The molecule has 0 atom stereocenters. The maximum atomic E-state index is 12.1. The SMILES string of the molecule is O=c1c(NCc2cccnc2)c(N2CCN(Cc3ccccc3)CC2)c1=O. The van der Waals surface area contributed by atoms with Crippen molar-refractivity contribution in [1.29, 1.82) is 0 Å². The Bertz CT molecular complexity index is 957. The van der Waals surface area contributed by atoms with E-state index in [0.29, 0.717) is 17.9 Å². The van der Waals surface area contributed by atoms with Crippen molar-refractivity contribution in [2.24, 2.45) is 0 Å². The number of piperazine rings is 1. The molecule has 1 saturated heterocycles. The molecule has 0 radical (unpaired) electrons. The van der Waals surface area contributed by atoms with Gasteiger partial charge in [0.1, 0.15) is 11.4 Å². The number of anilines is 2. The number of nitrogens with zero attached hydrogens (tertiary/aromatic N) is 3. The monoisotopic (exact) mass is 362 g/mol. The Labute approximate surface area is 157 Å². The molecular formula is C21H22N4O2. The zero-order valence-electron chi connectivity index (χ0n) is 15.1. The number of benzene rings is 1. The Morgan fingerprint density at radius 2 is 1.63 bits per heavy atom.